The summed E-state index contributed by atoms with van der Waals surface area (Å²) in [5.74, 6) is -8.17. The number of aryl methyl sites for hydroxylation is 2. The molecule has 4 aromatic carbocycles. The number of alkyl halides is 3. The van der Waals surface area contributed by atoms with Crippen molar-refractivity contribution in [3.05, 3.63) is 130 Å². The molecular weight excluding hydrogens is 759 g/mol. The third-order valence-corrected chi connectivity index (χ3v) is 10.6. The average molecular weight is 804 g/mol. The first-order chi connectivity index (χ1) is 27.3. The van der Waals surface area contributed by atoms with Gasteiger partial charge in [-0.15, -0.1) is 0 Å². The number of ketones is 2. The molecule has 2 fully saturated rings. The van der Waals surface area contributed by atoms with Crippen LogP contribution in [0.15, 0.2) is 97.1 Å². The average Bonchev–Trinajstić information content (AvgIpc) is 3.56. The number of benzene rings is 4. The SMILES string of the molecule is CN1CCN(c2ccccc2C[C@H]2CCN(c3ccc(C(F)(F)F)cc3)C2=O)CC1.Cc1ccc(C(=O)[C@@](O)(C(=O)O)[C@](O)(C(=O)O)C(=O)c2ccc(C)cc2)cc1. The summed E-state index contributed by atoms with van der Waals surface area (Å²) in [5, 5.41) is 40.3. The minimum Gasteiger partial charge on any atom is -0.479 e. The van der Waals surface area contributed by atoms with Crippen LogP contribution in [0.25, 0.3) is 0 Å². The quantitative estimate of drug-likeness (QED) is 0.118. The number of carboxylic acids is 2. The van der Waals surface area contributed by atoms with Gasteiger partial charge < -0.3 is 35.1 Å². The van der Waals surface area contributed by atoms with Crippen LogP contribution in [0.5, 0.6) is 0 Å². The van der Waals surface area contributed by atoms with Gasteiger partial charge in [-0.1, -0.05) is 77.9 Å². The number of para-hydroxylation sites is 1. The van der Waals surface area contributed by atoms with Gasteiger partial charge in [-0.2, -0.15) is 13.2 Å². The Bertz CT molecular complexity index is 2070. The van der Waals surface area contributed by atoms with Crippen molar-refractivity contribution in [3.8, 4) is 0 Å². The molecule has 0 radical (unpaired) electrons. The molecule has 4 N–H and O–H groups in total. The zero-order valence-electron chi connectivity index (χ0n) is 32.1. The monoisotopic (exact) mass is 803 g/mol. The summed E-state index contributed by atoms with van der Waals surface area (Å²) in [6, 6.07) is 23.4. The summed E-state index contributed by atoms with van der Waals surface area (Å²) in [7, 11) is 2.12. The fourth-order valence-corrected chi connectivity index (χ4v) is 6.98. The minimum absolute atomic E-state index is 0.0112. The maximum atomic E-state index is 13.0. The molecule has 306 valence electrons. The van der Waals surface area contributed by atoms with Gasteiger partial charge in [0.05, 0.1) is 5.56 Å². The van der Waals surface area contributed by atoms with E-state index in [2.05, 4.69) is 29.0 Å². The van der Waals surface area contributed by atoms with Crippen LogP contribution in [0.4, 0.5) is 24.5 Å². The molecule has 0 unspecified atom stereocenters. The van der Waals surface area contributed by atoms with E-state index in [1.807, 2.05) is 12.1 Å². The molecule has 58 heavy (non-hydrogen) atoms. The number of anilines is 2. The number of rotatable bonds is 11. The van der Waals surface area contributed by atoms with Crippen molar-refractivity contribution in [1.82, 2.24) is 4.90 Å². The lowest BCUT2D eigenvalue weighted by Crippen LogP contribution is -2.71. The molecule has 2 aliphatic rings. The third-order valence-electron chi connectivity index (χ3n) is 10.6. The molecule has 1 amide bonds. The van der Waals surface area contributed by atoms with Crippen molar-refractivity contribution >= 4 is 40.8 Å². The predicted octanol–water partition coefficient (Wildman–Crippen LogP) is 5.05. The Labute approximate surface area is 332 Å². The number of halogens is 3. The first kappa shape index (κ1) is 43.2. The molecule has 0 aromatic heterocycles. The second kappa shape index (κ2) is 17.3. The fourth-order valence-electron chi connectivity index (χ4n) is 6.98. The molecule has 4 aromatic rings. The number of carbonyl (C=O) groups is 5. The predicted molar refractivity (Wildman–Crippen MR) is 208 cm³/mol. The van der Waals surface area contributed by atoms with Gasteiger partial charge in [0.15, 0.2) is 0 Å². The van der Waals surface area contributed by atoms with Crippen molar-refractivity contribution in [2.24, 2.45) is 5.92 Å². The summed E-state index contributed by atoms with van der Waals surface area (Å²) in [4.78, 5) is 68.4. The van der Waals surface area contributed by atoms with E-state index in [9.17, 15) is 57.6 Å². The standard InChI is InChI=1S/C23H26F3N3O.C20H18O8/c1-27-12-14-28(15-13-27)21-5-3-2-4-17(21)16-18-10-11-29(22(18)30)20-8-6-19(7-9-20)23(24,25)26;1-11-3-7-13(8-4-11)15(21)19(27,17(23)24)20(28,18(25)26)16(22)14-9-5-12(2)6-10-14/h2-9,18H,10-16H2,1H3;3-10,27-28H,1-2H3,(H,23,24)(H,25,26)/t18-;19-,20-/m11/s1. The normalized spacial score (nSPS) is 18.1. The van der Waals surface area contributed by atoms with Gasteiger partial charge >= 0.3 is 18.1 Å². The smallest absolute Gasteiger partial charge is 0.416 e. The topological polar surface area (TPSA) is 176 Å². The highest BCUT2D eigenvalue weighted by molar-refractivity contribution is 6.28. The Morgan fingerprint density at radius 3 is 1.59 bits per heavy atom. The highest BCUT2D eigenvalue weighted by Crippen LogP contribution is 2.35. The molecule has 0 bridgehead atoms. The summed E-state index contributed by atoms with van der Waals surface area (Å²) < 4.78 is 38.4. The van der Waals surface area contributed by atoms with E-state index in [-0.39, 0.29) is 23.0 Å². The molecule has 2 aliphatic heterocycles. The van der Waals surface area contributed by atoms with Crippen molar-refractivity contribution in [2.45, 2.75) is 44.1 Å². The molecule has 0 saturated carbocycles. The van der Waals surface area contributed by atoms with Gasteiger partial charge in [0.2, 0.25) is 17.5 Å². The molecule has 0 aliphatic carbocycles. The highest BCUT2D eigenvalue weighted by Gasteiger charge is 2.70. The van der Waals surface area contributed by atoms with Crippen LogP contribution < -0.4 is 9.80 Å². The van der Waals surface area contributed by atoms with Gasteiger partial charge in [0.25, 0.3) is 11.2 Å². The van der Waals surface area contributed by atoms with Crippen LogP contribution in [0, 0.1) is 19.8 Å². The van der Waals surface area contributed by atoms with E-state index in [0.717, 1.165) is 68.1 Å². The summed E-state index contributed by atoms with van der Waals surface area (Å²) in [6.07, 6.45) is -3.02. The number of amides is 1. The second-order valence-electron chi connectivity index (χ2n) is 14.6. The molecule has 3 atom stereocenters. The van der Waals surface area contributed by atoms with E-state index >= 15 is 0 Å². The Balaban J connectivity index is 0.000000222. The number of nitrogens with zero attached hydrogens (tertiary/aromatic N) is 3. The van der Waals surface area contributed by atoms with Crippen molar-refractivity contribution < 1.29 is 57.6 Å². The van der Waals surface area contributed by atoms with Crippen LogP contribution in [-0.4, -0.2) is 106 Å². The zero-order valence-corrected chi connectivity index (χ0v) is 32.1. The van der Waals surface area contributed by atoms with E-state index in [0.29, 0.717) is 36.2 Å². The maximum absolute atomic E-state index is 13.0. The maximum Gasteiger partial charge on any atom is 0.416 e. The van der Waals surface area contributed by atoms with E-state index < -0.39 is 46.4 Å². The van der Waals surface area contributed by atoms with Crippen LogP contribution in [0.2, 0.25) is 0 Å². The van der Waals surface area contributed by atoms with Gasteiger partial charge in [-0.05, 0) is 69.6 Å². The fraction of sp³-hybridized carbons (Fsp3) is 0.326. The van der Waals surface area contributed by atoms with Crippen LogP contribution in [-0.2, 0) is 27.0 Å². The zero-order chi connectivity index (χ0) is 42.6. The number of hydrogen-bond donors (Lipinski definition) is 4. The van der Waals surface area contributed by atoms with Crippen molar-refractivity contribution in [3.63, 3.8) is 0 Å². The largest absolute Gasteiger partial charge is 0.479 e. The number of aliphatic carboxylic acids is 2. The van der Waals surface area contributed by atoms with E-state index in [1.165, 1.54) is 42.1 Å². The Hall–Kier alpha value is -5.90. The summed E-state index contributed by atoms with van der Waals surface area (Å²) in [5.41, 5.74) is -5.09. The van der Waals surface area contributed by atoms with Gasteiger partial charge in [-0.3, -0.25) is 14.4 Å². The number of carboxylic acid groups (broad SMARTS) is 2. The van der Waals surface area contributed by atoms with Gasteiger partial charge in [0.1, 0.15) is 0 Å². The van der Waals surface area contributed by atoms with Crippen LogP contribution in [0.3, 0.4) is 0 Å². The highest BCUT2D eigenvalue weighted by atomic mass is 19.4. The van der Waals surface area contributed by atoms with E-state index in [4.69, 9.17) is 0 Å². The summed E-state index contributed by atoms with van der Waals surface area (Å²) in [6.45, 7) is 7.86. The number of piperazine rings is 1. The minimum atomic E-state index is -4.37. The summed E-state index contributed by atoms with van der Waals surface area (Å²) >= 11 is 0. The van der Waals surface area contributed by atoms with Crippen molar-refractivity contribution in [2.75, 3.05) is 49.6 Å². The van der Waals surface area contributed by atoms with Crippen LogP contribution >= 0.6 is 0 Å². The molecule has 6 rings (SSSR count). The van der Waals surface area contributed by atoms with Crippen LogP contribution in [0.1, 0.15) is 49.4 Å². The lowest BCUT2D eigenvalue weighted by Gasteiger charge is -2.35. The molecule has 12 nitrogen and oxygen atoms in total. The lowest BCUT2D eigenvalue weighted by molar-refractivity contribution is -0.187. The van der Waals surface area contributed by atoms with Gasteiger partial charge in [0, 0.05) is 61.1 Å². The number of hydrogen-bond acceptors (Lipinski definition) is 9. The van der Waals surface area contributed by atoms with Gasteiger partial charge in [-0.25, -0.2) is 9.59 Å². The molecular formula is C43H44F3N3O9. The first-order valence-corrected chi connectivity index (χ1v) is 18.4. The first-order valence-electron chi connectivity index (χ1n) is 18.4. The number of carbonyl (C=O) groups excluding carboxylic acids is 3. The molecule has 2 saturated heterocycles. The van der Waals surface area contributed by atoms with Crippen molar-refractivity contribution in [1.29, 1.82) is 0 Å². The van der Waals surface area contributed by atoms with E-state index in [1.54, 1.807) is 18.7 Å². The third kappa shape index (κ3) is 8.81. The Morgan fingerprint density at radius 2 is 1.14 bits per heavy atom. The second-order valence-corrected chi connectivity index (χ2v) is 14.6. The molecule has 0 spiro atoms. The number of aliphatic hydroxyl groups is 2. The Kier molecular flexibility index (Phi) is 12.9. The molecule has 15 heteroatoms. The molecule has 2 heterocycles. The number of likely N-dealkylation sites (N-methyl/N-ethyl adjacent to an activating group) is 1. The lowest BCUT2D eigenvalue weighted by atomic mass is 9.73. The Morgan fingerprint density at radius 1 is 0.672 bits per heavy atom. The number of Topliss-reactive ketones (excluding diaryl/α,β-unsaturated/α-hetero) is 2.